The van der Waals surface area contributed by atoms with E-state index in [-0.39, 0.29) is 11.7 Å². The van der Waals surface area contributed by atoms with E-state index in [2.05, 4.69) is 19.9 Å². The van der Waals surface area contributed by atoms with Crippen LogP contribution in [0.1, 0.15) is 56.6 Å². The van der Waals surface area contributed by atoms with E-state index < -0.39 is 0 Å². The maximum absolute atomic E-state index is 9.71. The van der Waals surface area contributed by atoms with E-state index in [0.29, 0.717) is 17.1 Å². The molecule has 20 heavy (non-hydrogen) atoms. The van der Waals surface area contributed by atoms with E-state index >= 15 is 0 Å². The molecule has 1 aromatic rings. The Morgan fingerprint density at radius 1 is 1.25 bits per heavy atom. The van der Waals surface area contributed by atoms with E-state index in [0.717, 1.165) is 19.3 Å². The van der Waals surface area contributed by atoms with Crippen molar-refractivity contribution in [1.29, 1.82) is 0 Å². The summed E-state index contributed by atoms with van der Waals surface area (Å²) < 4.78 is 0. The first kappa shape index (κ1) is 12.7. The first-order valence-electron chi connectivity index (χ1n) is 7.69. The highest BCUT2D eigenvalue weighted by molar-refractivity contribution is 5.41. The van der Waals surface area contributed by atoms with Gasteiger partial charge >= 0.3 is 0 Å². The van der Waals surface area contributed by atoms with Gasteiger partial charge in [-0.25, -0.2) is 9.78 Å². The summed E-state index contributed by atoms with van der Waals surface area (Å²) in [6.45, 7) is 4.54. The first-order chi connectivity index (χ1) is 9.52. The Hall–Kier alpha value is -1.06. The third-order valence-corrected chi connectivity index (χ3v) is 6.08. The van der Waals surface area contributed by atoms with Gasteiger partial charge < -0.3 is 5.11 Å². The number of benzene rings is 1. The van der Waals surface area contributed by atoms with Gasteiger partial charge in [0.2, 0.25) is 0 Å². The Labute approximate surface area is 119 Å². The van der Waals surface area contributed by atoms with Crippen LogP contribution >= 0.6 is 0 Å². The van der Waals surface area contributed by atoms with Crippen LogP contribution in [0.4, 0.5) is 0 Å². The summed E-state index contributed by atoms with van der Waals surface area (Å²) in [4.78, 5) is 10.8. The third-order valence-electron chi connectivity index (χ3n) is 6.08. The van der Waals surface area contributed by atoms with E-state index in [1.165, 1.54) is 24.0 Å². The first-order valence-corrected chi connectivity index (χ1v) is 7.69. The van der Waals surface area contributed by atoms with Crippen LogP contribution in [0.2, 0.25) is 0 Å². The normalized spacial score (nSPS) is 42.7. The van der Waals surface area contributed by atoms with Crippen molar-refractivity contribution in [3.05, 3.63) is 29.3 Å². The van der Waals surface area contributed by atoms with Crippen LogP contribution < -0.4 is 0 Å². The summed E-state index contributed by atoms with van der Waals surface area (Å²) in [5.74, 6) is 0.904. The molecule has 3 nitrogen and oxygen atoms in total. The number of phenolic OH excluding ortho intramolecular Hbond substituents is 1. The van der Waals surface area contributed by atoms with E-state index in [1.807, 2.05) is 12.1 Å². The molecule has 1 heterocycles. The summed E-state index contributed by atoms with van der Waals surface area (Å²) in [5.41, 5.74) is 3.03. The summed E-state index contributed by atoms with van der Waals surface area (Å²) in [5, 5.41) is 9.71. The van der Waals surface area contributed by atoms with E-state index in [4.69, 9.17) is 9.78 Å². The van der Waals surface area contributed by atoms with Gasteiger partial charge in [0, 0.05) is 0 Å². The topological polar surface area (TPSA) is 38.7 Å². The molecule has 3 aliphatic rings. The Bertz CT molecular complexity index is 555. The number of hydrogen-bond acceptors (Lipinski definition) is 3. The molecule has 1 saturated heterocycles. The monoisotopic (exact) mass is 274 g/mol. The lowest BCUT2D eigenvalue weighted by Crippen LogP contribution is -2.59. The van der Waals surface area contributed by atoms with Crippen LogP contribution in [-0.2, 0) is 16.2 Å². The van der Waals surface area contributed by atoms with Gasteiger partial charge in [-0.1, -0.05) is 13.0 Å². The number of phenols is 1. The number of fused-ring (bicyclic) bond motifs is 3. The minimum Gasteiger partial charge on any atom is -0.508 e. The maximum atomic E-state index is 9.71. The Morgan fingerprint density at radius 2 is 2.10 bits per heavy atom. The molecule has 0 radical (unpaired) electrons. The van der Waals surface area contributed by atoms with Crippen molar-refractivity contribution < 1.29 is 14.9 Å². The Morgan fingerprint density at radius 3 is 2.80 bits per heavy atom. The number of hydrogen-bond donors (Lipinski definition) is 1. The van der Waals surface area contributed by atoms with Gasteiger partial charge in [-0.05, 0) is 73.6 Å². The van der Waals surface area contributed by atoms with Crippen molar-refractivity contribution in [2.75, 3.05) is 0 Å². The summed E-state index contributed by atoms with van der Waals surface area (Å²) >= 11 is 0. The number of rotatable bonds is 0. The number of aromatic hydroxyl groups is 1. The molecule has 4 rings (SSSR count). The fourth-order valence-corrected chi connectivity index (χ4v) is 4.44. The molecule has 4 atom stereocenters. The molecule has 2 unspecified atom stereocenters. The van der Waals surface area contributed by atoms with Crippen LogP contribution in [0, 0.1) is 5.41 Å². The predicted molar refractivity (Wildman–Crippen MR) is 75.5 cm³/mol. The lowest BCUT2D eigenvalue weighted by Gasteiger charge is -2.56. The highest BCUT2D eigenvalue weighted by atomic mass is 17.3. The quantitative estimate of drug-likeness (QED) is 0.733. The van der Waals surface area contributed by atoms with Gasteiger partial charge in [-0.3, -0.25) is 0 Å². The van der Waals surface area contributed by atoms with Crippen LogP contribution in [0.25, 0.3) is 0 Å². The van der Waals surface area contributed by atoms with Gasteiger partial charge in [0.1, 0.15) is 17.5 Å². The van der Waals surface area contributed by atoms with E-state index in [9.17, 15) is 5.11 Å². The van der Waals surface area contributed by atoms with Crippen molar-refractivity contribution in [2.24, 2.45) is 5.41 Å². The molecule has 2 aliphatic carbocycles. The smallest absolute Gasteiger partial charge is 0.133 e. The van der Waals surface area contributed by atoms with Gasteiger partial charge in [0.05, 0.1) is 0 Å². The SMILES string of the molecule is CC1OOC12CC[C@]1(C)CCc3cc(O)ccc3[C@H]1C2. The zero-order valence-corrected chi connectivity index (χ0v) is 12.2. The second-order valence-electron chi connectivity index (χ2n) is 7.18. The van der Waals surface area contributed by atoms with Crippen molar-refractivity contribution in [2.45, 2.75) is 63.6 Å². The minimum atomic E-state index is -0.0727. The highest BCUT2D eigenvalue weighted by Gasteiger charge is 2.57. The number of aryl methyl sites for hydroxylation is 1. The van der Waals surface area contributed by atoms with Crippen LogP contribution in [0.5, 0.6) is 5.75 Å². The van der Waals surface area contributed by atoms with Crippen molar-refractivity contribution in [1.82, 2.24) is 0 Å². The summed E-state index contributed by atoms with van der Waals surface area (Å²) in [6.07, 6.45) is 5.84. The predicted octanol–water partition coefficient (Wildman–Crippen LogP) is 3.70. The highest BCUT2D eigenvalue weighted by Crippen LogP contribution is 2.59. The van der Waals surface area contributed by atoms with Crippen molar-refractivity contribution in [3.8, 4) is 5.75 Å². The molecule has 1 N–H and O–H groups in total. The molecule has 1 spiro atoms. The van der Waals surface area contributed by atoms with E-state index in [1.54, 1.807) is 0 Å². The molecular weight excluding hydrogens is 252 g/mol. The van der Waals surface area contributed by atoms with Gasteiger partial charge in [-0.2, -0.15) is 0 Å². The lowest BCUT2D eigenvalue weighted by molar-refractivity contribution is -0.514. The van der Waals surface area contributed by atoms with Crippen molar-refractivity contribution in [3.63, 3.8) is 0 Å². The maximum Gasteiger partial charge on any atom is 0.133 e. The average Bonchev–Trinajstić information content (AvgIpc) is 2.45. The molecule has 1 saturated carbocycles. The molecule has 1 aromatic carbocycles. The standard InChI is InChI=1S/C17H22O3/c1-11-17(20-19-11)8-7-16(2)6-5-12-9-13(18)3-4-14(12)15(16)10-17/h3-4,9,11,15,18H,5-8,10H2,1-2H3/t11?,15-,16+,17?/m1/s1. The molecule has 108 valence electrons. The second-order valence-corrected chi connectivity index (χ2v) is 7.18. The summed E-state index contributed by atoms with van der Waals surface area (Å²) in [6, 6.07) is 5.89. The molecular formula is C17H22O3. The van der Waals surface area contributed by atoms with Gasteiger partial charge in [-0.15, -0.1) is 0 Å². The van der Waals surface area contributed by atoms with Crippen LogP contribution in [-0.4, -0.2) is 16.8 Å². The van der Waals surface area contributed by atoms with Crippen LogP contribution in [0.3, 0.4) is 0 Å². The third kappa shape index (κ3) is 1.60. The van der Waals surface area contributed by atoms with Crippen molar-refractivity contribution >= 4 is 0 Å². The Balaban J connectivity index is 1.74. The van der Waals surface area contributed by atoms with Gasteiger partial charge in [0.15, 0.2) is 0 Å². The molecule has 0 aromatic heterocycles. The zero-order chi connectivity index (χ0) is 14.0. The molecule has 1 aliphatic heterocycles. The zero-order valence-electron chi connectivity index (χ0n) is 12.2. The molecule has 0 bridgehead atoms. The average molecular weight is 274 g/mol. The molecule has 2 fully saturated rings. The lowest BCUT2D eigenvalue weighted by atomic mass is 9.55. The largest absolute Gasteiger partial charge is 0.508 e. The minimum absolute atomic E-state index is 0.0727. The van der Waals surface area contributed by atoms with Gasteiger partial charge in [0.25, 0.3) is 0 Å². The van der Waals surface area contributed by atoms with Crippen LogP contribution in [0.15, 0.2) is 18.2 Å². The Kier molecular flexibility index (Phi) is 2.52. The second kappa shape index (κ2) is 3.99. The molecule has 3 heteroatoms. The fourth-order valence-electron chi connectivity index (χ4n) is 4.44. The molecule has 0 amide bonds. The summed E-state index contributed by atoms with van der Waals surface area (Å²) in [7, 11) is 0. The fraction of sp³-hybridized carbons (Fsp3) is 0.647.